The lowest BCUT2D eigenvalue weighted by atomic mass is 10.4. The van der Waals surface area contributed by atoms with Gasteiger partial charge in [0.15, 0.2) is 10.4 Å². The van der Waals surface area contributed by atoms with Crippen molar-refractivity contribution in [3.63, 3.8) is 0 Å². The van der Waals surface area contributed by atoms with Crippen molar-refractivity contribution in [3.8, 4) is 0 Å². The second-order valence-corrected chi connectivity index (χ2v) is 4.42. The van der Waals surface area contributed by atoms with Gasteiger partial charge in [-0.1, -0.05) is 0 Å². The fourth-order valence-electron chi connectivity index (χ4n) is 1.36. The number of methoxy groups -OCH3 is 1. The van der Waals surface area contributed by atoms with E-state index in [1.54, 1.807) is 10.8 Å². The van der Waals surface area contributed by atoms with Crippen molar-refractivity contribution in [1.29, 1.82) is 0 Å². The number of nitrogens with one attached hydrogen (secondary N) is 1. The molecular weight excluding hydrogens is 294 g/mol. The standard InChI is InChI=1S/C9H8BrN3O2S/c1-15-7(14)4-13-8-6(12-9(13)16)2-5(10)3-11-8/h2-3H,4H2,1H3,(H,12,16). The van der Waals surface area contributed by atoms with Crippen LogP contribution in [0.3, 0.4) is 0 Å². The molecule has 16 heavy (non-hydrogen) atoms. The molecule has 0 aliphatic rings. The molecule has 0 aliphatic carbocycles. The summed E-state index contributed by atoms with van der Waals surface area (Å²) in [7, 11) is 1.34. The summed E-state index contributed by atoms with van der Waals surface area (Å²) in [4.78, 5) is 18.4. The molecule has 2 aromatic heterocycles. The van der Waals surface area contributed by atoms with Crippen LogP contribution in [0.5, 0.6) is 0 Å². The third-order valence-electron chi connectivity index (χ3n) is 2.09. The summed E-state index contributed by atoms with van der Waals surface area (Å²) < 4.78 is 7.49. The maximum absolute atomic E-state index is 11.2. The highest BCUT2D eigenvalue weighted by molar-refractivity contribution is 9.10. The molecule has 1 N–H and O–H groups in total. The number of hydrogen-bond donors (Lipinski definition) is 1. The highest BCUT2D eigenvalue weighted by Crippen LogP contribution is 2.16. The van der Waals surface area contributed by atoms with Gasteiger partial charge in [0.1, 0.15) is 6.54 Å². The molecule has 2 heterocycles. The van der Waals surface area contributed by atoms with Gasteiger partial charge in [0.2, 0.25) is 0 Å². The molecule has 2 aromatic rings. The summed E-state index contributed by atoms with van der Waals surface area (Å²) in [6, 6.07) is 1.85. The third-order valence-corrected chi connectivity index (χ3v) is 2.85. The van der Waals surface area contributed by atoms with Gasteiger partial charge >= 0.3 is 5.97 Å². The van der Waals surface area contributed by atoms with E-state index >= 15 is 0 Å². The zero-order valence-electron chi connectivity index (χ0n) is 8.36. The fraction of sp³-hybridized carbons (Fsp3) is 0.222. The number of H-pyrrole nitrogens is 1. The number of carbonyl (C=O) groups is 1. The molecule has 0 aliphatic heterocycles. The van der Waals surface area contributed by atoms with Crippen LogP contribution in [0, 0.1) is 4.77 Å². The number of carbonyl (C=O) groups excluding carboxylic acids is 1. The van der Waals surface area contributed by atoms with Crippen LogP contribution in [0.25, 0.3) is 11.2 Å². The number of aromatic nitrogens is 3. The summed E-state index contributed by atoms with van der Waals surface area (Å²) in [6.07, 6.45) is 1.65. The van der Waals surface area contributed by atoms with Gasteiger partial charge in [-0.05, 0) is 34.2 Å². The Bertz CT molecular complexity index is 604. The third kappa shape index (κ3) is 2.00. The van der Waals surface area contributed by atoms with E-state index in [0.29, 0.717) is 10.4 Å². The molecule has 0 saturated heterocycles. The number of imidazole rings is 1. The topological polar surface area (TPSA) is 59.9 Å². The molecule has 0 saturated carbocycles. The lowest BCUT2D eigenvalue weighted by molar-refractivity contribution is -0.141. The van der Waals surface area contributed by atoms with E-state index in [9.17, 15) is 4.79 Å². The average Bonchev–Trinajstić information content (AvgIpc) is 2.54. The number of esters is 1. The quantitative estimate of drug-likeness (QED) is 0.681. The van der Waals surface area contributed by atoms with Crippen LogP contribution in [0.2, 0.25) is 0 Å². The van der Waals surface area contributed by atoms with E-state index < -0.39 is 0 Å². The summed E-state index contributed by atoms with van der Waals surface area (Å²) in [5.41, 5.74) is 1.42. The van der Waals surface area contributed by atoms with Gasteiger partial charge in [-0.25, -0.2) is 4.98 Å². The van der Waals surface area contributed by atoms with Crippen molar-refractivity contribution < 1.29 is 9.53 Å². The van der Waals surface area contributed by atoms with Gasteiger partial charge in [0.25, 0.3) is 0 Å². The molecule has 0 fully saturated rings. The van der Waals surface area contributed by atoms with E-state index in [1.165, 1.54) is 7.11 Å². The average molecular weight is 302 g/mol. The van der Waals surface area contributed by atoms with Crippen molar-refractivity contribution in [3.05, 3.63) is 21.5 Å². The number of ether oxygens (including phenoxy) is 1. The summed E-state index contributed by atoms with van der Waals surface area (Å²) in [5.74, 6) is -0.360. The fourth-order valence-corrected chi connectivity index (χ4v) is 1.95. The Morgan fingerprint density at radius 3 is 3.19 bits per heavy atom. The highest BCUT2D eigenvalue weighted by atomic mass is 79.9. The van der Waals surface area contributed by atoms with Crippen LogP contribution in [0.1, 0.15) is 0 Å². The maximum atomic E-state index is 11.2. The first-order valence-electron chi connectivity index (χ1n) is 4.42. The Morgan fingerprint density at radius 1 is 1.75 bits per heavy atom. The van der Waals surface area contributed by atoms with Crippen molar-refractivity contribution in [1.82, 2.24) is 14.5 Å². The van der Waals surface area contributed by atoms with Gasteiger partial charge in [-0.2, -0.15) is 0 Å². The Morgan fingerprint density at radius 2 is 2.50 bits per heavy atom. The molecule has 7 heteroatoms. The number of nitrogens with zero attached hydrogens (tertiary/aromatic N) is 2. The van der Waals surface area contributed by atoms with Crippen LogP contribution in [-0.4, -0.2) is 27.6 Å². The monoisotopic (exact) mass is 301 g/mol. The highest BCUT2D eigenvalue weighted by Gasteiger charge is 2.09. The molecule has 2 rings (SSSR count). The van der Waals surface area contributed by atoms with E-state index in [4.69, 9.17) is 12.2 Å². The Hall–Kier alpha value is -1.21. The van der Waals surface area contributed by atoms with Crippen LogP contribution in [-0.2, 0) is 16.1 Å². The van der Waals surface area contributed by atoms with Crippen molar-refractivity contribution in [2.45, 2.75) is 6.54 Å². The van der Waals surface area contributed by atoms with Crippen LogP contribution >= 0.6 is 28.1 Å². The number of fused-ring (bicyclic) bond motifs is 1. The Labute approximate surface area is 105 Å². The minimum Gasteiger partial charge on any atom is -0.468 e. The minimum absolute atomic E-state index is 0.0595. The van der Waals surface area contributed by atoms with Crippen LogP contribution < -0.4 is 0 Å². The zero-order valence-corrected chi connectivity index (χ0v) is 10.8. The predicted octanol–water partition coefficient (Wildman–Crippen LogP) is 2.03. The maximum Gasteiger partial charge on any atom is 0.325 e. The van der Waals surface area contributed by atoms with Crippen molar-refractivity contribution >= 4 is 45.3 Å². The van der Waals surface area contributed by atoms with Crippen molar-refractivity contribution in [2.75, 3.05) is 7.11 Å². The number of halogens is 1. The molecule has 0 aromatic carbocycles. The second kappa shape index (κ2) is 4.34. The van der Waals surface area contributed by atoms with Gasteiger partial charge in [-0.15, -0.1) is 0 Å². The number of rotatable bonds is 2. The number of aromatic amines is 1. The second-order valence-electron chi connectivity index (χ2n) is 3.12. The first kappa shape index (κ1) is 11.3. The SMILES string of the molecule is COC(=O)Cn1c(=S)[nH]c2cc(Br)cnc21. The Kier molecular flexibility index (Phi) is 3.06. The van der Waals surface area contributed by atoms with E-state index in [0.717, 1.165) is 9.99 Å². The first-order valence-corrected chi connectivity index (χ1v) is 5.63. The summed E-state index contributed by atoms with van der Waals surface area (Å²) in [6.45, 7) is 0.0595. The lowest BCUT2D eigenvalue weighted by Crippen LogP contribution is -2.11. The van der Waals surface area contributed by atoms with Gasteiger partial charge in [-0.3, -0.25) is 9.36 Å². The minimum atomic E-state index is -0.360. The van der Waals surface area contributed by atoms with Gasteiger partial charge in [0, 0.05) is 10.7 Å². The normalized spacial score (nSPS) is 10.6. The Balaban J connectivity index is 2.56. The number of hydrogen-bond acceptors (Lipinski definition) is 4. The molecule has 0 atom stereocenters. The molecular formula is C9H8BrN3O2S. The zero-order chi connectivity index (χ0) is 11.7. The molecule has 5 nitrogen and oxygen atoms in total. The molecule has 0 bridgehead atoms. The van der Waals surface area contributed by atoms with E-state index in [2.05, 4.69) is 30.6 Å². The predicted molar refractivity (Wildman–Crippen MR) is 64.6 cm³/mol. The van der Waals surface area contributed by atoms with Gasteiger partial charge < -0.3 is 9.72 Å². The van der Waals surface area contributed by atoms with Crippen LogP contribution in [0.4, 0.5) is 0 Å². The largest absolute Gasteiger partial charge is 0.468 e. The van der Waals surface area contributed by atoms with Gasteiger partial charge in [0.05, 0.1) is 12.6 Å². The van der Waals surface area contributed by atoms with Crippen LogP contribution in [0.15, 0.2) is 16.7 Å². The lowest BCUT2D eigenvalue weighted by Gasteiger charge is -2.01. The van der Waals surface area contributed by atoms with Crippen molar-refractivity contribution in [2.24, 2.45) is 0 Å². The molecule has 0 unspecified atom stereocenters. The summed E-state index contributed by atoms with van der Waals surface area (Å²) in [5, 5.41) is 0. The smallest absolute Gasteiger partial charge is 0.325 e. The molecule has 0 radical (unpaired) electrons. The molecule has 84 valence electrons. The number of pyridine rings is 1. The van der Waals surface area contributed by atoms with E-state index in [-0.39, 0.29) is 12.5 Å². The first-order chi connectivity index (χ1) is 7.61. The van der Waals surface area contributed by atoms with E-state index in [1.807, 2.05) is 6.07 Å². The molecule has 0 amide bonds. The molecule has 0 spiro atoms. The summed E-state index contributed by atoms with van der Waals surface area (Å²) >= 11 is 8.42.